The highest BCUT2D eigenvalue weighted by Crippen LogP contribution is 2.56. The van der Waals surface area contributed by atoms with E-state index in [1.807, 2.05) is 0 Å². The van der Waals surface area contributed by atoms with Crippen LogP contribution in [-0.2, 0) is 9.53 Å². The largest absolute Gasteiger partial charge is 0.493 e. The minimum atomic E-state index is -0.369. The van der Waals surface area contributed by atoms with Gasteiger partial charge in [0.25, 0.3) is 0 Å². The highest BCUT2D eigenvalue weighted by Gasteiger charge is 2.53. The van der Waals surface area contributed by atoms with Crippen LogP contribution in [0.4, 0.5) is 0 Å². The number of benzene rings is 2. The van der Waals surface area contributed by atoms with E-state index >= 15 is 0 Å². The summed E-state index contributed by atoms with van der Waals surface area (Å²) >= 11 is 0. The number of hydrogen-bond donors (Lipinski definition) is 0. The lowest BCUT2D eigenvalue weighted by Gasteiger charge is -2.50. The summed E-state index contributed by atoms with van der Waals surface area (Å²) in [6, 6.07) is 12.6. The van der Waals surface area contributed by atoms with E-state index in [2.05, 4.69) is 64.1 Å². The van der Waals surface area contributed by atoms with Gasteiger partial charge in [0.2, 0.25) is 0 Å². The zero-order valence-corrected chi connectivity index (χ0v) is 16.5. The monoisotopic (exact) mass is 362 g/mol. The van der Waals surface area contributed by atoms with E-state index in [1.54, 1.807) is 0 Å². The van der Waals surface area contributed by atoms with E-state index in [1.165, 1.54) is 16.3 Å². The third kappa shape index (κ3) is 2.44. The minimum absolute atomic E-state index is 0.0437. The quantitative estimate of drug-likeness (QED) is 0.631. The summed E-state index contributed by atoms with van der Waals surface area (Å²) in [5.41, 5.74) is 1.65. The van der Waals surface area contributed by atoms with E-state index in [0.717, 1.165) is 23.5 Å². The van der Waals surface area contributed by atoms with Crippen molar-refractivity contribution in [3.63, 3.8) is 0 Å². The van der Waals surface area contributed by atoms with E-state index in [9.17, 15) is 4.79 Å². The molecule has 3 heteroatoms. The Bertz CT molecular complexity index is 996. The van der Waals surface area contributed by atoms with Gasteiger partial charge in [-0.25, -0.2) is 0 Å². The van der Waals surface area contributed by atoms with Gasteiger partial charge in [-0.15, -0.1) is 0 Å². The topological polar surface area (TPSA) is 35.5 Å². The van der Waals surface area contributed by atoms with Gasteiger partial charge in [0.15, 0.2) is 5.78 Å². The molecule has 27 heavy (non-hydrogen) atoms. The highest BCUT2D eigenvalue weighted by atomic mass is 16.5. The van der Waals surface area contributed by atoms with Gasteiger partial charge in [0, 0.05) is 35.8 Å². The Morgan fingerprint density at radius 1 is 1.00 bits per heavy atom. The Morgan fingerprint density at radius 2 is 1.78 bits per heavy atom. The summed E-state index contributed by atoms with van der Waals surface area (Å²) in [6.07, 6.45) is 1.40. The number of hydrogen-bond acceptors (Lipinski definition) is 3. The fourth-order valence-corrected chi connectivity index (χ4v) is 5.26. The molecular weight excluding hydrogens is 336 g/mol. The van der Waals surface area contributed by atoms with Crippen LogP contribution in [0.25, 0.3) is 10.8 Å². The Balaban J connectivity index is 1.80. The maximum absolute atomic E-state index is 13.3. The molecule has 140 valence electrons. The maximum atomic E-state index is 13.3. The second-order valence-corrected chi connectivity index (χ2v) is 9.58. The standard InChI is InChI=1S/C24H26O3/c1-23(2)11-17(25)22-19(12-23)27-24(3,4)16-13-26-18-10-9-14-7-5-6-8-15(14)20(18)21(16)22/h5-10,16,21H,11-13H2,1-4H3/t16-,21-/m0/s1. The van der Waals surface area contributed by atoms with Crippen molar-refractivity contribution in [2.45, 2.75) is 52.1 Å². The SMILES string of the molecule is CC1(C)CC(=O)C2=C(C1)OC(C)(C)[C@H]1COc3ccc4ccccc4c3[C@@H]21. The van der Waals surface area contributed by atoms with Crippen LogP contribution in [0, 0.1) is 11.3 Å². The molecule has 0 amide bonds. The van der Waals surface area contributed by atoms with Gasteiger partial charge in [-0.3, -0.25) is 4.79 Å². The molecule has 0 bridgehead atoms. The van der Waals surface area contributed by atoms with Crippen LogP contribution < -0.4 is 4.74 Å². The molecular formula is C24H26O3. The molecule has 0 aromatic heterocycles. The first-order valence-electron chi connectivity index (χ1n) is 9.87. The van der Waals surface area contributed by atoms with Crippen LogP contribution >= 0.6 is 0 Å². The molecule has 3 nitrogen and oxygen atoms in total. The van der Waals surface area contributed by atoms with Gasteiger partial charge >= 0.3 is 0 Å². The van der Waals surface area contributed by atoms with Crippen LogP contribution in [0.2, 0.25) is 0 Å². The van der Waals surface area contributed by atoms with E-state index in [-0.39, 0.29) is 28.6 Å². The number of allylic oxidation sites excluding steroid dienone is 2. The highest BCUT2D eigenvalue weighted by molar-refractivity contribution is 6.01. The molecule has 5 rings (SSSR count). The summed E-state index contributed by atoms with van der Waals surface area (Å²) < 4.78 is 12.6. The first-order valence-corrected chi connectivity index (χ1v) is 9.87. The molecule has 3 aliphatic rings. The normalized spacial score (nSPS) is 27.9. The van der Waals surface area contributed by atoms with Crippen molar-refractivity contribution in [2.24, 2.45) is 11.3 Å². The molecule has 2 heterocycles. The number of rotatable bonds is 0. The Morgan fingerprint density at radius 3 is 2.59 bits per heavy atom. The number of carbonyl (C=O) groups is 1. The molecule has 2 aromatic carbocycles. The lowest BCUT2D eigenvalue weighted by atomic mass is 9.63. The average molecular weight is 362 g/mol. The van der Waals surface area contributed by atoms with Crippen LogP contribution in [0.1, 0.15) is 52.0 Å². The molecule has 0 N–H and O–H groups in total. The van der Waals surface area contributed by atoms with Gasteiger partial charge < -0.3 is 9.47 Å². The maximum Gasteiger partial charge on any atom is 0.163 e. The molecule has 2 aliphatic heterocycles. The predicted octanol–water partition coefficient (Wildman–Crippen LogP) is 5.38. The third-order valence-electron chi connectivity index (χ3n) is 6.53. The van der Waals surface area contributed by atoms with Crippen LogP contribution in [0.15, 0.2) is 47.7 Å². The summed E-state index contributed by atoms with van der Waals surface area (Å²) in [5, 5.41) is 2.38. The lowest BCUT2D eigenvalue weighted by molar-refractivity contribution is -0.124. The van der Waals surface area contributed by atoms with Crippen molar-refractivity contribution in [3.8, 4) is 5.75 Å². The molecule has 1 aliphatic carbocycles. The van der Waals surface area contributed by atoms with Crippen molar-refractivity contribution >= 4 is 16.6 Å². The minimum Gasteiger partial charge on any atom is -0.493 e. The fourth-order valence-electron chi connectivity index (χ4n) is 5.26. The van der Waals surface area contributed by atoms with Crippen molar-refractivity contribution in [2.75, 3.05) is 6.61 Å². The molecule has 0 spiro atoms. The zero-order chi connectivity index (χ0) is 19.0. The summed E-state index contributed by atoms with van der Waals surface area (Å²) in [4.78, 5) is 13.3. The van der Waals surface area contributed by atoms with E-state index in [0.29, 0.717) is 13.0 Å². The van der Waals surface area contributed by atoms with Gasteiger partial charge in [-0.2, -0.15) is 0 Å². The molecule has 2 aromatic rings. The Hall–Kier alpha value is -2.29. The lowest BCUT2D eigenvalue weighted by Crippen LogP contribution is -2.50. The molecule has 0 unspecified atom stereocenters. The van der Waals surface area contributed by atoms with E-state index < -0.39 is 0 Å². The summed E-state index contributed by atoms with van der Waals surface area (Å²) in [6.45, 7) is 9.17. The third-order valence-corrected chi connectivity index (χ3v) is 6.53. The predicted molar refractivity (Wildman–Crippen MR) is 106 cm³/mol. The van der Waals surface area contributed by atoms with Crippen LogP contribution in [-0.4, -0.2) is 18.0 Å². The van der Waals surface area contributed by atoms with Crippen LogP contribution in [0.5, 0.6) is 5.75 Å². The summed E-state index contributed by atoms with van der Waals surface area (Å²) in [7, 11) is 0. The first-order chi connectivity index (χ1) is 12.8. The van der Waals surface area contributed by atoms with Gasteiger partial charge in [0.05, 0.1) is 6.61 Å². The molecule has 2 atom stereocenters. The Labute approximate surface area is 160 Å². The number of ketones is 1. The smallest absolute Gasteiger partial charge is 0.163 e. The molecule has 0 saturated carbocycles. The van der Waals surface area contributed by atoms with Gasteiger partial charge in [-0.05, 0) is 36.1 Å². The van der Waals surface area contributed by atoms with Gasteiger partial charge in [0.1, 0.15) is 17.1 Å². The molecule has 0 saturated heterocycles. The second-order valence-electron chi connectivity index (χ2n) is 9.58. The zero-order valence-electron chi connectivity index (χ0n) is 16.5. The fraction of sp³-hybridized carbons (Fsp3) is 0.458. The number of carbonyl (C=O) groups excluding carboxylic acids is 1. The summed E-state index contributed by atoms with van der Waals surface area (Å²) in [5.74, 6) is 2.23. The average Bonchev–Trinajstić information content (AvgIpc) is 2.58. The first kappa shape index (κ1) is 16.9. The number of fused-ring (bicyclic) bond motifs is 6. The van der Waals surface area contributed by atoms with Crippen molar-refractivity contribution in [1.29, 1.82) is 0 Å². The number of ether oxygens (including phenoxy) is 2. The second kappa shape index (κ2) is 5.37. The Kier molecular flexibility index (Phi) is 3.35. The van der Waals surface area contributed by atoms with E-state index in [4.69, 9.17) is 9.47 Å². The van der Waals surface area contributed by atoms with Gasteiger partial charge in [-0.1, -0.05) is 44.2 Å². The molecule has 0 radical (unpaired) electrons. The van der Waals surface area contributed by atoms with Crippen molar-refractivity contribution < 1.29 is 14.3 Å². The number of Topliss-reactive ketones (excluding diaryl/α,β-unsaturated/α-hetero) is 1. The molecule has 0 fully saturated rings. The van der Waals surface area contributed by atoms with Crippen LogP contribution in [0.3, 0.4) is 0 Å². The van der Waals surface area contributed by atoms with Crippen molar-refractivity contribution in [3.05, 3.63) is 53.3 Å². The van der Waals surface area contributed by atoms with Crippen molar-refractivity contribution in [1.82, 2.24) is 0 Å².